The van der Waals surface area contributed by atoms with Gasteiger partial charge in [-0.2, -0.15) is 5.21 Å². The molecule has 0 aliphatic carbocycles. The molecule has 34 nitrogen and oxygen atoms in total. The summed E-state index contributed by atoms with van der Waals surface area (Å²) in [5, 5.41) is 77.9. The van der Waals surface area contributed by atoms with Crippen molar-refractivity contribution in [2.75, 3.05) is 45.9 Å². The molecule has 0 unspecified atom stereocenters. The first-order chi connectivity index (χ1) is 52.5. The van der Waals surface area contributed by atoms with Gasteiger partial charge in [0, 0.05) is 50.7 Å². The number of benzene rings is 4. The summed E-state index contributed by atoms with van der Waals surface area (Å²) >= 11 is 0. The average Bonchev–Trinajstić information content (AvgIpc) is 0.866. The lowest BCUT2D eigenvalue weighted by molar-refractivity contribution is -0.142. The van der Waals surface area contributed by atoms with Crippen LogP contribution in [0.4, 0.5) is 4.39 Å². The number of tetrazole rings is 1. The number of aromatic nitrogens is 6. The minimum Gasteiger partial charge on any atom is -0.494 e. The van der Waals surface area contributed by atoms with Crippen LogP contribution in [-0.4, -0.2) is 227 Å². The molecule has 35 heteroatoms. The van der Waals surface area contributed by atoms with Gasteiger partial charge in [0.15, 0.2) is 5.82 Å². The van der Waals surface area contributed by atoms with E-state index in [1.807, 2.05) is 57.2 Å². The second-order valence-corrected chi connectivity index (χ2v) is 27.7. The molecule has 110 heavy (non-hydrogen) atoms. The number of halogens is 1. The molecule has 0 spiro atoms. The first kappa shape index (κ1) is 86.1. The summed E-state index contributed by atoms with van der Waals surface area (Å²) in [7, 11) is 0. The monoisotopic (exact) mass is 1530 g/mol. The van der Waals surface area contributed by atoms with Gasteiger partial charge < -0.3 is 94.4 Å². The van der Waals surface area contributed by atoms with Crippen LogP contribution in [-0.2, 0) is 91.3 Å². The SMILES string of the molecule is CCc1cc(OCCCCN)ccc1-c1ccc(C[C@H](NC(=O)[C@H](CC(=O)O)NC(=O)[C@H](CO)NC(=O)[C@@H](NC(=O)[C@](C)(Cc2ccccc2F)NC(=O)[C@@H](NC(=O)CNC(=O)[C@H](Cc2nn[nH]n2)NC(=O)[C@H]2CCN(CCc3cnc[nH]3)C2)[C@@H](C)O)[C@@H](C)O)C(=O)N[C@@H](CCCc2cc(C)cc(C)c2)C(N)=O)cc1. The topological polar surface area (TPSA) is 525 Å². The highest BCUT2D eigenvalue weighted by molar-refractivity contribution is 6.00. The van der Waals surface area contributed by atoms with Crippen LogP contribution < -0.4 is 64.1 Å². The molecule has 19 N–H and O–H groups in total. The largest absolute Gasteiger partial charge is 0.494 e. The van der Waals surface area contributed by atoms with E-state index >= 15 is 4.39 Å². The van der Waals surface area contributed by atoms with E-state index in [1.165, 1.54) is 18.2 Å². The molecule has 3 heterocycles. The van der Waals surface area contributed by atoms with Crippen molar-refractivity contribution in [3.05, 3.63) is 148 Å². The normalized spacial score (nSPS) is 15.8. The number of aliphatic carboxylic acids is 1. The highest BCUT2D eigenvalue weighted by Crippen LogP contribution is 2.29. The number of carboxylic acids is 1. The van der Waals surface area contributed by atoms with Crippen LogP contribution in [0.25, 0.3) is 11.1 Å². The summed E-state index contributed by atoms with van der Waals surface area (Å²) in [6.45, 7) is 9.72. The number of carboxylic acid groups (broad SMARTS) is 1. The Morgan fingerprint density at radius 2 is 1.39 bits per heavy atom. The summed E-state index contributed by atoms with van der Waals surface area (Å²) in [5.41, 5.74) is 16.1. The minimum atomic E-state index is -2.37. The summed E-state index contributed by atoms with van der Waals surface area (Å²) in [4.78, 5) is 162. The van der Waals surface area contributed by atoms with Gasteiger partial charge in [0.25, 0.3) is 0 Å². The predicted molar refractivity (Wildman–Crippen MR) is 397 cm³/mol. The van der Waals surface area contributed by atoms with Crippen molar-refractivity contribution in [3.63, 3.8) is 0 Å². The van der Waals surface area contributed by atoms with Crippen LogP contribution in [0.5, 0.6) is 5.75 Å². The Balaban J connectivity index is 1.03. The summed E-state index contributed by atoms with van der Waals surface area (Å²) in [5.74, 6) is -13.0. The molecule has 1 saturated heterocycles. The number of aromatic amines is 2. The molecule has 7 rings (SSSR count). The standard InChI is InChI=1S/C75H101FN18O16/c1-7-48-33-53(110-28-11-10-25-77)21-22-54(48)49-19-17-46(18-20-49)32-57(69(104)82-56(66(78)101)16-12-13-47-30-42(2)29-43(3)31-47)84-70(105)59(35-63(99)100)85-71(106)60(40-95)86-72(107)64(44(4)96)88-74(109)75(6,36-50-14-8-9-15-55(50)76)89-73(108)65(45(5)97)87-62(98)38-80-68(103)58(34-61-90-92-93-91-61)83-67(102)51-23-26-94(39-51)27-24-52-37-79-41-81-52/h8-9,14-15,17-22,29-31,33,37,41,44-45,51,56-60,64-65,95-97H,7,10-13,16,23-28,32,34-36,38-40,77H2,1-6H3,(H2,78,101)(H,79,81)(H,80,103)(H,82,104)(H,83,102)(H,84,105)(H,85,106)(H,86,107)(H,87,98)(H,88,109)(H,89,108)(H,99,100)(H,90,91,92,93)/t44-,45-,51+,56+,57+,58+,59+,60+,64+,65+,75+/m1/s1. The number of nitrogens with two attached hydrogens (primary N) is 2. The molecule has 11 atom stereocenters. The maximum atomic E-state index is 15.5. The number of likely N-dealkylation sites (tertiary alicyclic amines) is 1. The number of nitrogens with zero attached hydrogens (tertiary/aromatic N) is 5. The third kappa shape index (κ3) is 26.3. The van der Waals surface area contributed by atoms with Crippen molar-refractivity contribution in [1.82, 2.24) is 83.3 Å². The highest BCUT2D eigenvalue weighted by Gasteiger charge is 2.43. The number of unbranched alkanes of at least 4 members (excludes halogenated alkanes) is 1. The number of rotatable bonds is 44. The number of ether oxygens (including phenoxy) is 1. The van der Waals surface area contributed by atoms with E-state index in [-0.39, 0.29) is 30.7 Å². The van der Waals surface area contributed by atoms with Crippen LogP contribution in [0.1, 0.15) is 111 Å². The number of carbonyl (C=O) groups excluding carboxylic acids is 10. The van der Waals surface area contributed by atoms with E-state index in [9.17, 15) is 73.2 Å². The Labute approximate surface area is 635 Å². The zero-order valence-corrected chi connectivity index (χ0v) is 62.4. The summed E-state index contributed by atoms with van der Waals surface area (Å²) in [6, 6.07) is 11.5. The lowest BCUT2D eigenvalue weighted by Crippen LogP contribution is -2.67. The number of aliphatic hydroxyl groups is 3. The number of H-pyrrole nitrogens is 2. The van der Waals surface area contributed by atoms with Crippen LogP contribution >= 0.6 is 0 Å². The number of aliphatic hydroxyl groups excluding tert-OH is 3. The first-order valence-corrected chi connectivity index (χ1v) is 36.4. The average molecular weight is 1530 g/mol. The third-order valence-corrected chi connectivity index (χ3v) is 18.7. The minimum absolute atomic E-state index is 0.0468. The van der Waals surface area contributed by atoms with E-state index in [1.54, 1.807) is 36.8 Å². The summed E-state index contributed by atoms with van der Waals surface area (Å²) in [6.07, 6.45) is 1.72. The second kappa shape index (κ2) is 42.0. The molecule has 0 bridgehead atoms. The molecule has 1 aliphatic heterocycles. The Hall–Kier alpha value is -11.1. The number of hydrogen-bond donors (Lipinski definition) is 17. The van der Waals surface area contributed by atoms with Gasteiger partial charge in [0.2, 0.25) is 59.1 Å². The Bertz CT molecular complexity index is 4090. The van der Waals surface area contributed by atoms with Crippen molar-refractivity contribution >= 4 is 65.0 Å². The van der Waals surface area contributed by atoms with E-state index in [0.29, 0.717) is 76.2 Å². The van der Waals surface area contributed by atoms with Gasteiger partial charge in [0.1, 0.15) is 59.4 Å². The van der Waals surface area contributed by atoms with Gasteiger partial charge in [-0.3, -0.25) is 52.7 Å². The van der Waals surface area contributed by atoms with Crippen LogP contribution in [0.15, 0.2) is 97.5 Å². The molecule has 1 aliphatic rings. The zero-order valence-electron chi connectivity index (χ0n) is 62.4. The molecule has 1 fully saturated rings. The van der Waals surface area contributed by atoms with Crippen LogP contribution in [0, 0.1) is 25.6 Å². The number of amides is 10. The fraction of sp³-hybridized carbons (Fsp3) is 0.480. The van der Waals surface area contributed by atoms with Gasteiger partial charge in [-0.05, 0) is 144 Å². The lowest BCUT2D eigenvalue weighted by atomic mass is 9.90. The molecule has 2 aromatic heterocycles. The highest BCUT2D eigenvalue weighted by atomic mass is 19.1. The first-order valence-electron chi connectivity index (χ1n) is 36.4. The van der Waals surface area contributed by atoms with Crippen molar-refractivity contribution in [3.8, 4) is 16.9 Å². The van der Waals surface area contributed by atoms with Crippen LogP contribution in [0.2, 0.25) is 0 Å². The molecular weight excluding hydrogens is 1430 g/mol. The Morgan fingerprint density at radius 1 is 0.727 bits per heavy atom. The lowest BCUT2D eigenvalue weighted by Gasteiger charge is -2.34. The molecular formula is C75H101FN18O16. The molecule has 594 valence electrons. The van der Waals surface area contributed by atoms with Gasteiger partial charge in [-0.25, -0.2) is 9.37 Å². The fourth-order valence-corrected chi connectivity index (χ4v) is 12.7. The Morgan fingerprint density at radius 3 is 2.03 bits per heavy atom. The summed E-state index contributed by atoms with van der Waals surface area (Å²) < 4.78 is 21.5. The van der Waals surface area contributed by atoms with E-state index in [2.05, 4.69) is 83.3 Å². The van der Waals surface area contributed by atoms with E-state index < -0.39 is 163 Å². The molecule has 0 saturated carbocycles. The molecule has 6 aromatic rings. The third-order valence-electron chi connectivity index (χ3n) is 18.7. The maximum absolute atomic E-state index is 15.5. The number of imidazole rings is 1. The Kier molecular flexibility index (Phi) is 32.9. The molecule has 10 amide bonds. The quantitative estimate of drug-likeness (QED) is 0.0199. The van der Waals surface area contributed by atoms with Crippen LogP contribution in [0.3, 0.4) is 0 Å². The number of nitrogens with one attached hydrogen (secondary N) is 11. The predicted octanol–water partition coefficient (Wildman–Crippen LogP) is -1.26. The van der Waals surface area contributed by atoms with E-state index in [0.717, 1.165) is 78.8 Å². The number of hydrogen-bond acceptors (Lipinski definition) is 21. The smallest absolute Gasteiger partial charge is 0.305 e. The number of aryl methyl sites for hydroxylation is 4. The van der Waals surface area contributed by atoms with Gasteiger partial charge in [-0.1, -0.05) is 90.0 Å². The molecule has 4 aromatic carbocycles. The van der Waals surface area contributed by atoms with Gasteiger partial charge >= 0.3 is 5.97 Å². The number of carbonyl (C=O) groups is 11. The fourth-order valence-electron chi connectivity index (χ4n) is 12.7. The number of primary amides is 1. The van der Waals surface area contributed by atoms with E-state index in [4.69, 9.17) is 16.2 Å². The van der Waals surface area contributed by atoms with Crippen molar-refractivity contribution in [2.45, 2.75) is 179 Å². The second-order valence-electron chi connectivity index (χ2n) is 27.7. The van der Waals surface area contributed by atoms with Gasteiger partial charge in [-0.15, -0.1) is 10.2 Å². The van der Waals surface area contributed by atoms with Crippen molar-refractivity contribution < 1.29 is 82.3 Å². The maximum Gasteiger partial charge on any atom is 0.305 e. The molecule has 0 radical (unpaired) electrons. The van der Waals surface area contributed by atoms with Crippen molar-refractivity contribution in [1.29, 1.82) is 0 Å². The van der Waals surface area contributed by atoms with Crippen molar-refractivity contribution in [2.24, 2.45) is 17.4 Å². The van der Waals surface area contributed by atoms with Gasteiger partial charge in [0.05, 0.1) is 50.6 Å². The zero-order chi connectivity index (χ0) is 80.2.